The molecule has 0 unspecified atom stereocenters. The lowest BCUT2D eigenvalue weighted by Crippen LogP contribution is -2.52. The summed E-state index contributed by atoms with van der Waals surface area (Å²) in [7, 11) is 1.98. The molecule has 1 fully saturated rings. The number of piperazine rings is 1. The highest BCUT2D eigenvalue weighted by Gasteiger charge is 2.25. The summed E-state index contributed by atoms with van der Waals surface area (Å²) in [5.41, 5.74) is 9.46. The normalized spacial score (nSPS) is 15.8. The molecule has 0 bridgehead atoms. The molecule has 2 heterocycles. The molecule has 9 heteroatoms. The molecular formula is C15H30Cl3N5O. The van der Waals surface area contributed by atoms with Crippen molar-refractivity contribution in [1.29, 1.82) is 0 Å². The van der Waals surface area contributed by atoms with Crippen molar-refractivity contribution in [3.63, 3.8) is 0 Å². The maximum absolute atomic E-state index is 12.1. The first-order valence-corrected chi connectivity index (χ1v) is 7.69. The minimum absolute atomic E-state index is 0. The van der Waals surface area contributed by atoms with Crippen molar-refractivity contribution in [3.05, 3.63) is 17.0 Å². The van der Waals surface area contributed by atoms with Crippen molar-refractivity contribution >= 4 is 43.1 Å². The molecule has 0 spiro atoms. The Morgan fingerprint density at radius 3 is 2.12 bits per heavy atom. The second-order valence-corrected chi connectivity index (χ2v) is 5.89. The predicted octanol–water partition coefficient (Wildman–Crippen LogP) is 1.68. The third kappa shape index (κ3) is 5.77. The van der Waals surface area contributed by atoms with Gasteiger partial charge in [0.1, 0.15) is 0 Å². The van der Waals surface area contributed by atoms with Crippen LogP contribution in [0.15, 0.2) is 0 Å². The molecule has 24 heavy (non-hydrogen) atoms. The summed E-state index contributed by atoms with van der Waals surface area (Å²) in [5, 5.41) is 4.46. The van der Waals surface area contributed by atoms with Crippen LogP contribution in [-0.2, 0) is 18.4 Å². The summed E-state index contributed by atoms with van der Waals surface area (Å²) in [6.07, 6.45) is 0.702. The van der Waals surface area contributed by atoms with Gasteiger partial charge in [-0.3, -0.25) is 14.4 Å². The molecule has 0 aromatic carbocycles. The standard InChI is InChI=1S/C15H27N5O.3ClH/c1-5-14(16)15(21)20-8-6-19(7-9-20)10-13-11(2)17-18(4)12(13)3;;;/h14H,5-10,16H2,1-4H3;3*1H/t14-;;;/m0.../s1. The van der Waals surface area contributed by atoms with Gasteiger partial charge < -0.3 is 10.6 Å². The first-order valence-electron chi connectivity index (χ1n) is 7.69. The van der Waals surface area contributed by atoms with Gasteiger partial charge in [0.05, 0.1) is 11.7 Å². The predicted molar refractivity (Wildman–Crippen MR) is 105 cm³/mol. The molecule has 0 aliphatic carbocycles. The number of aryl methyl sites for hydroxylation is 2. The van der Waals surface area contributed by atoms with E-state index in [1.54, 1.807) is 0 Å². The lowest BCUT2D eigenvalue weighted by Gasteiger charge is -2.35. The second kappa shape index (κ2) is 11.2. The number of halogens is 3. The van der Waals surface area contributed by atoms with E-state index in [2.05, 4.69) is 23.8 Å². The van der Waals surface area contributed by atoms with Gasteiger partial charge in [0.15, 0.2) is 0 Å². The lowest BCUT2D eigenvalue weighted by molar-refractivity contribution is -0.134. The number of amides is 1. The Hall–Kier alpha value is -0.530. The Morgan fingerprint density at radius 2 is 1.71 bits per heavy atom. The number of aromatic nitrogens is 2. The lowest BCUT2D eigenvalue weighted by atomic mass is 10.1. The number of hydrogen-bond acceptors (Lipinski definition) is 4. The van der Waals surface area contributed by atoms with Crippen LogP contribution < -0.4 is 5.73 Å². The SMILES string of the molecule is CC[C@H](N)C(=O)N1CCN(Cc2c(C)nn(C)c2C)CC1.Cl.Cl.Cl. The molecule has 1 saturated heterocycles. The van der Waals surface area contributed by atoms with Crippen LogP contribution in [0.1, 0.15) is 30.3 Å². The van der Waals surface area contributed by atoms with E-state index in [1.165, 1.54) is 11.3 Å². The Kier molecular flexibility index (Phi) is 11.9. The molecular weight excluding hydrogens is 373 g/mol. The highest BCUT2D eigenvalue weighted by molar-refractivity contribution is 5.86. The molecule has 6 nitrogen and oxygen atoms in total. The maximum Gasteiger partial charge on any atom is 0.239 e. The Balaban J connectivity index is 0. The summed E-state index contributed by atoms with van der Waals surface area (Å²) in [5.74, 6) is 0.0888. The minimum Gasteiger partial charge on any atom is -0.339 e. The van der Waals surface area contributed by atoms with E-state index in [1.807, 2.05) is 23.6 Å². The van der Waals surface area contributed by atoms with Crippen molar-refractivity contribution < 1.29 is 4.79 Å². The van der Waals surface area contributed by atoms with Gasteiger partial charge in [0.2, 0.25) is 5.91 Å². The Morgan fingerprint density at radius 1 is 1.17 bits per heavy atom. The molecule has 1 aromatic rings. The minimum atomic E-state index is -0.348. The third-order valence-electron chi connectivity index (χ3n) is 4.48. The molecule has 1 aromatic heterocycles. The van der Waals surface area contributed by atoms with Gasteiger partial charge in [0.25, 0.3) is 0 Å². The molecule has 1 amide bonds. The fraction of sp³-hybridized carbons (Fsp3) is 0.733. The van der Waals surface area contributed by atoms with Crippen molar-refractivity contribution in [2.45, 2.75) is 39.8 Å². The topological polar surface area (TPSA) is 67.4 Å². The van der Waals surface area contributed by atoms with Crippen molar-refractivity contribution in [2.24, 2.45) is 12.8 Å². The van der Waals surface area contributed by atoms with Gasteiger partial charge in [-0.1, -0.05) is 6.92 Å². The molecule has 1 aliphatic heterocycles. The van der Waals surface area contributed by atoms with Gasteiger partial charge in [-0.2, -0.15) is 5.10 Å². The van der Waals surface area contributed by atoms with Crippen molar-refractivity contribution in [2.75, 3.05) is 26.2 Å². The summed E-state index contributed by atoms with van der Waals surface area (Å²) in [4.78, 5) is 16.4. The number of hydrogen-bond donors (Lipinski definition) is 1. The van der Waals surface area contributed by atoms with E-state index in [4.69, 9.17) is 5.73 Å². The highest BCUT2D eigenvalue weighted by atomic mass is 35.5. The zero-order valence-electron chi connectivity index (χ0n) is 14.8. The molecule has 142 valence electrons. The average Bonchev–Trinajstić information content (AvgIpc) is 2.73. The summed E-state index contributed by atoms with van der Waals surface area (Å²) in [6, 6.07) is -0.348. The quantitative estimate of drug-likeness (QED) is 0.832. The summed E-state index contributed by atoms with van der Waals surface area (Å²) < 4.78 is 1.94. The Bertz CT molecular complexity index is 515. The zero-order valence-corrected chi connectivity index (χ0v) is 17.3. The first-order chi connectivity index (χ1) is 9.93. The number of nitrogens with two attached hydrogens (primary N) is 1. The van der Waals surface area contributed by atoms with E-state index in [0.29, 0.717) is 6.42 Å². The van der Waals surface area contributed by atoms with Crippen LogP contribution in [0.25, 0.3) is 0 Å². The molecule has 1 atom stereocenters. The van der Waals surface area contributed by atoms with Gasteiger partial charge in [-0.05, 0) is 20.3 Å². The van der Waals surface area contributed by atoms with Gasteiger partial charge in [-0.15, -0.1) is 37.2 Å². The number of rotatable bonds is 4. The largest absolute Gasteiger partial charge is 0.339 e. The van der Waals surface area contributed by atoms with E-state index in [9.17, 15) is 4.79 Å². The van der Waals surface area contributed by atoms with E-state index < -0.39 is 0 Å². The summed E-state index contributed by atoms with van der Waals surface area (Å²) >= 11 is 0. The fourth-order valence-electron chi connectivity index (χ4n) is 2.81. The Labute approximate surface area is 163 Å². The van der Waals surface area contributed by atoms with Crippen LogP contribution in [0.5, 0.6) is 0 Å². The third-order valence-corrected chi connectivity index (χ3v) is 4.48. The van der Waals surface area contributed by atoms with E-state index in [-0.39, 0.29) is 49.2 Å². The van der Waals surface area contributed by atoms with Crippen LogP contribution in [0, 0.1) is 13.8 Å². The van der Waals surface area contributed by atoms with Crippen molar-refractivity contribution in [1.82, 2.24) is 19.6 Å². The monoisotopic (exact) mass is 401 g/mol. The summed E-state index contributed by atoms with van der Waals surface area (Å²) in [6.45, 7) is 10.4. The van der Waals surface area contributed by atoms with Crippen LogP contribution in [0.4, 0.5) is 0 Å². The van der Waals surface area contributed by atoms with E-state index >= 15 is 0 Å². The second-order valence-electron chi connectivity index (χ2n) is 5.89. The van der Waals surface area contributed by atoms with Crippen LogP contribution in [-0.4, -0.2) is 57.7 Å². The number of carbonyl (C=O) groups excluding carboxylic acids is 1. The average molecular weight is 403 g/mol. The van der Waals surface area contributed by atoms with Crippen LogP contribution >= 0.6 is 37.2 Å². The van der Waals surface area contributed by atoms with Gasteiger partial charge in [-0.25, -0.2) is 0 Å². The smallest absolute Gasteiger partial charge is 0.239 e. The number of carbonyl (C=O) groups is 1. The first kappa shape index (κ1) is 25.7. The fourth-order valence-corrected chi connectivity index (χ4v) is 2.81. The maximum atomic E-state index is 12.1. The number of nitrogens with zero attached hydrogens (tertiary/aromatic N) is 4. The van der Waals surface area contributed by atoms with Crippen LogP contribution in [0.3, 0.4) is 0 Å². The molecule has 0 saturated carbocycles. The molecule has 2 N–H and O–H groups in total. The van der Waals surface area contributed by atoms with Crippen molar-refractivity contribution in [3.8, 4) is 0 Å². The zero-order chi connectivity index (χ0) is 15.6. The molecule has 1 aliphatic rings. The molecule has 2 rings (SSSR count). The van der Waals surface area contributed by atoms with Gasteiger partial charge in [0, 0.05) is 51.0 Å². The van der Waals surface area contributed by atoms with Gasteiger partial charge >= 0.3 is 0 Å². The van der Waals surface area contributed by atoms with E-state index in [0.717, 1.165) is 38.4 Å². The highest BCUT2D eigenvalue weighted by Crippen LogP contribution is 2.16. The van der Waals surface area contributed by atoms with Crippen LogP contribution in [0.2, 0.25) is 0 Å². The molecule has 0 radical (unpaired) electrons.